The molecule has 0 bridgehead atoms. The van der Waals surface area contributed by atoms with Gasteiger partial charge in [-0.2, -0.15) is 0 Å². The summed E-state index contributed by atoms with van der Waals surface area (Å²) in [5.41, 5.74) is 5.80. The largest absolute Gasteiger partial charge is 0.480 e. The van der Waals surface area contributed by atoms with Gasteiger partial charge in [-0.05, 0) is 24.1 Å². The van der Waals surface area contributed by atoms with Crippen molar-refractivity contribution in [1.82, 2.24) is 4.72 Å². The number of nitrogens with two attached hydrogens (primary N) is 1. The number of carboxylic acid groups (broad SMARTS) is 1. The zero-order valence-corrected chi connectivity index (χ0v) is 9.24. The molecule has 5 nitrogen and oxygen atoms in total. The fourth-order valence-electron chi connectivity index (χ4n) is 0.917. The molecule has 0 aliphatic heterocycles. The summed E-state index contributed by atoms with van der Waals surface area (Å²) < 4.78 is 2.52. The minimum Gasteiger partial charge on any atom is -0.480 e. The molecule has 0 spiro atoms. The van der Waals surface area contributed by atoms with E-state index in [4.69, 9.17) is 10.8 Å². The van der Waals surface area contributed by atoms with Crippen LogP contribution in [0, 0.1) is 0 Å². The third-order valence-corrected chi connectivity index (χ3v) is 2.64. The van der Waals surface area contributed by atoms with E-state index in [1.165, 1.54) is 0 Å². The van der Waals surface area contributed by atoms with Gasteiger partial charge < -0.3 is 10.8 Å². The van der Waals surface area contributed by atoms with Crippen LogP contribution in [0.1, 0.15) is 10.4 Å². The average Bonchev–Trinajstić information content (AvgIpc) is 2.29. The molecule has 0 saturated carbocycles. The standard InChI is InChI=1S/C10H12N2O3S/c11-8(10(14)15)6-16-12-9(13)7-4-2-1-3-5-7/h1-5,8H,6,11H2,(H,12,13)(H,14,15)/t8-/m0/s1. The van der Waals surface area contributed by atoms with Gasteiger partial charge in [-0.3, -0.25) is 14.3 Å². The zero-order valence-electron chi connectivity index (χ0n) is 8.42. The van der Waals surface area contributed by atoms with Crippen molar-refractivity contribution >= 4 is 23.8 Å². The van der Waals surface area contributed by atoms with Crippen molar-refractivity contribution in [2.45, 2.75) is 6.04 Å². The summed E-state index contributed by atoms with van der Waals surface area (Å²) in [6.45, 7) is 0. The third kappa shape index (κ3) is 3.92. The number of aliphatic carboxylic acids is 1. The van der Waals surface area contributed by atoms with Crippen LogP contribution in [0.3, 0.4) is 0 Å². The number of hydrogen-bond donors (Lipinski definition) is 3. The molecule has 1 atom stereocenters. The van der Waals surface area contributed by atoms with Gasteiger partial charge in [0.25, 0.3) is 5.91 Å². The highest BCUT2D eigenvalue weighted by molar-refractivity contribution is 7.98. The normalized spacial score (nSPS) is 11.8. The Morgan fingerprint density at radius 1 is 1.38 bits per heavy atom. The summed E-state index contributed by atoms with van der Waals surface area (Å²) in [5, 5.41) is 8.51. The molecule has 1 aromatic carbocycles. The summed E-state index contributed by atoms with van der Waals surface area (Å²) in [6, 6.07) is 7.69. The van der Waals surface area contributed by atoms with Crippen LogP contribution in [0.25, 0.3) is 0 Å². The lowest BCUT2D eigenvalue weighted by molar-refractivity contribution is -0.137. The lowest BCUT2D eigenvalue weighted by Crippen LogP contribution is -2.34. The van der Waals surface area contributed by atoms with Crippen LogP contribution in [0.2, 0.25) is 0 Å². The lowest BCUT2D eigenvalue weighted by Gasteiger charge is -2.06. The van der Waals surface area contributed by atoms with Crippen molar-refractivity contribution in [2.75, 3.05) is 5.75 Å². The fourth-order valence-corrected chi connectivity index (χ4v) is 1.57. The Hall–Kier alpha value is -1.53. The zero-order chi connectivity index (χ0) is 12.0. The van der Waals surface area contributed by atoms with Crippen LogP contribution in [0.5, 0.6) is 0 Å². The second-order valence-electron chi connectivity index (χ2n) is 3.05. The number of hydrogen-bond acceptors (Lipinski definition) is 4. The molecule has 1 aromatic rings. The van der Waals surface area contributed by atoms with E-state index < -0.39 is 12.0 Å². The first-order valence-electron chi connectivity index (χ1n) is 4.57. The Balaban J connectivity index is 2.34. The summed E-state index contributed by atoms with van der Waals surface area (Å²) in [4.78, 5) is 21.9. The van der Waals surface area contributed by atoms with E-state index in [1.807, 2.05) is 6.07 Å². The van der Waals surface area contributed by atoms with Crippen molar-refractivity contribution in [3.63, 3.8) is 0 Å². The maximum absolute atomic E-state index is 11.5. The van der Waals surface area contributed by atoms with E-state index in [1.54, 1.807) is 24.3 Å². The summed E-state index contributed by atoms with van der Waals surface area (Å²) >= 11 is 0.987. The number of nitrogens with one attached hydrogen (secondary N) is 1. The highest BCUT2D eigenvalue weighted by Gasteiger charge is 2.12. The Bertz CT molecular complexity index is 370. The van der Waals surface area contributed by atoms with Gasteiger partial charge in [-0.25, -0.2) is 0 Å². The quantitative estimate of drug-likeness (QED) is 0.651. The first kappa shape index (κ1) is 12.5. The summed E-state index contributed by atoms with van der Waals surface area (Å²) in [7, 11) is 0. The number of carbonyl (C=O) groups excluding carboxylic acids is 1. The summed E-state index contributed by atoms with van der Waals surface area (Å²) in [5.74, 6) is -1.21. The first-order valence-corrected chi connectivity index (χ1v) is 5.55. The molecule has 0 radical (unpaired) electrons. The highest BCUT2D eigenvalue weighted by atomic mass is 32.2. The van der Waals surface area contributed by atoms with Crippen molar-refractivity contribution in [1.29, 1.82) is 0 Å². The Kier molecular flexibility index (Phi) is 4.81. The molecule has 4 N–H and O–H groups in total. The van der Waals surface area contributed by atoms with Crippen molar-refractivity contribution in [3.8, 4) is 0 Å². The minimum absolute atomic E-state index is 0.133. The molecule has 16 heavy (non-hydrogen) atoms. The van der Waals surface area contributed by atoms with Crippen LogP contribution >= 0.6 is 11.9 Å². The van der Waals surface area contributed by atoms with E-state index in [9.17, 15) is 9.59 Å². The maximum atomic E-state index is 11.5. The lowest BCUT2D eigenvalue weighted by atomic mass is 10.2. The van der Waals surface area contributed by atoms with Crippen molar-refractivity contribution in [2.24, 2.45) is 5.73 Å². The van der Waals surface area contributed by atoms with Gasteiger partial charge in [0, 0.05) is 11.3 Å². The molecule has 1 amide bonds. The molecule has 0 fully saturated rings. The average molecular weight is 240 g/mol. The van der Waals surface area contributed by atoms with E-state index in [0.717, 1.165) is 11.9 Å². The Labute approximate surface area is 97.2 Å². The molecule has 0 saturated heterocycles. The van der Waals surface area contributed by atoms with E-state index in [-0.39, 0.29) is 11.7 Å². The molecular formula is C10H12N2O3S. The first-order chi connectivity index (χ1) is 7.61. The van der Waals surface area contributed by atoms with E-state index in [0.29, 0.717) is 5.56 Å². The summed E-state index contributed by atoms with van der Waals surface area (Å²) in [6.07, 6.45) is 0. The van der Waals surface area contributed by atoms with Gasteiger partial charge in [0.2, 0.25) is 0 Å². The molecule has 0 aromatic heterocycles. The second kappa shape index (κ2) is 6.14. The fraction of sp³-hybridized carbons (Fsp3) is 0.200. The molecule has 0 aliphatic carbocycles. The van der Waals surface area contributed by atoms with Crippen LogP contribution in [0.15, 0.2) is 30.3 Å². The second-order valence-corrected chi connectivity index (χ2v) is 3.88. The SMILES string of the molecule is N[C@@H](CSNC(=O)c1ccccc1)C(=O)O. The van der Waals surface area contributed by atoms with Crippen LogP contribution in [0.4, 0.5) is 0 Å². The molecule has 1 rings (SSSR count). The highest BCUT2D eigenvalue weighted by Crippen LogP contribution is 2.02. The Morgan fingerprint density at radius 2 is 2.00 bits per heavy atom. The molecule has 0 aliphatic rings. The number of amides is 1. The number of rotatable bonds is 5. The van der Waals surface area contributed by atoms with Crippen LogP contribution in [-0.4, -0.2) is 28.8 Å². The molecule has 0 unspecified atom stereocenters. The van der Waals surface area contributed by atoms with Gasteiger partial charge in [0.15, 0.2) is 0 Å². The van der Waals surface area contributed by atoms with Gasteiger partial charge in [0.1, 0.15) is 6.04 Å². The maximum Gasteiger partial charge on any atom is 0.321 e. The van der Waals surface area contributed by atoms with E-state index >= 15 is 0 Å². The third-order valence-electron chi connectivity index (χ3n) is 1.78. The van der Waals surface area contributed by atoms with Gasteiger partial charge in [0.05, 0.1) is 0 Å². The molecule has 6 heteroatoms. The molecule has 86 valence electrons. The monoisotopic (exact) mass is 240 g/mol. The predicted molar refractivity (Wildman–Crippen MR) is 62.0 cm³/mol. The van der Waals surface area contributed by atoms with Gasteiger partial charge >= 0.3 is 5.97 Å². The number of benzene rings is 1. The van der Waals surface area contributed by atoms with Gasteiger partial charge in [-0.1, -0.05) is 18.2 Å². The van der Waals surface area contributed by atoms with Crippen molar-refractivity contribution in [3.05, 3.63) is 35.9 Å². The van der Waals surface area contributed by atoms with Crippen LogP contribution < -0.4 is 10.5 Å². The smallest absolute Gasteiger partial charge is 0.321 e. The number of carbonyl (C=O) groups is 2. The van der Waals surface area contributed by atoms with Gasteiger partial charge in [-0.15, -0.1) is 0 Å². The van der Waals surface area contributed by atoms with Crippen LogP contribution in [-0.2, 0) is 4.79 Å². The molecular weight excluding hydrogens is 228 g/mol. The number of carboxylic acids is 1. The molecule has 0 heterocycles. The Morgan fingerprint density at radius 3 is 2.56 bits per heavy atom. The van der Waals surface area contributed by atoms with Crippen molar-refractivity contribution < 1.29 is 14.7 Å². The minimum atomic E-state index is -1.08. The predicted octanol–water partition coefficient (Wildman–Crippen LogP) is 0.476. The topological polar surface area (TPSA) is 92.4 Å². The van der Waals surface area contributed by atoms with E-state index in [2.05, 4.69) is 4.72 Å².